The quantitative estimate of drug-likeness (QED) is 0.905. The van der Waals surface area contributed by atoms with E-state index in [2.05, 4.69) is 34.0 Å². The Kier molecular flexibility index (Phi) is 4.77. The van der Waals surface area contributed by atoms with Crippen LogP contribution in [0, 0.1) is 0 Å². The lowest BCUT2D eigenvalue weighted by Gasteiger charge is -2.39. The molecule has 2 rings (SSSR count). The highest BCUT2D eigenvalue weighted by Crippen LogP contribution is 2.26. The monoisotopic (exact) mass is 292 g/mol. The van der Waals surface area contributed by atoms with Gasteiger partial charge in [0, 0.05) is 25.7 Å². The Morgan fingerprint density at radius 2 is 2.00 bits per heavy atom. The summed E-state index contributed by atoms with van der Waals surface area (Å²) in [5, 5.41) is 18.2. The third-order valence-corrected chi connectivity index (χ3v) is 4.14. The molecule has 0 bridgehead atoms. The molecular weight excluding hydrogens is 268 g/mol. The number of rotatable bonds is 4. The lowest BCUT2D eigenvalue weighted by atomic mass is 10.0. The average molecular weight is 292 g/mol. The van der Waals surface area contributed by atoms with Crippen molar-refractivity contribution < 1.29 is 9.90 Å². The Hall–Kier alpha value is -1.69. The highest BCUT2D eigenvalue weighted by Gasteiger charge is 2.29. The number of anilines is 1. The van der Waals surface area contributed by atoms with Crippen molar-refractivity contribution in [2.45, 2.75) is 39.7 Å². The first-order valence-electron chi connectivity index (χ1n) is 7.56. The normalized spacial score (nSPS) is 19.8. The summed E-state index contributed by atoms with van der Waals surface area (Å²) in [7, 11) is 2.08. The van der Waals surface area contributed by atoms with Crippen molar-refractivity contribution in [3.63, 3.8) is 0 Å². The maximum Gasteiger partial charge on any atom is 0.339 e. The maximum atomic E-state index is 11.8. The van der Waals surface area contributed by atoms with Crippen LogP contribution >= 0.6 is 0 Å². The van der Waals surface area contributed by atoms with Gasteiger partial charge in [-0.25, -0.2) is 4.79 Å². The fraction of sp³-hybridized carbons (Fsp3) is 0.667. The van der Waals surface area contributed by atoms with Crippen molar-refractivity contribution in [1.29, 1.82) is 0 Å². The zero-order valence-corrected chi connectivity index (χ0v) is 13.3. The Morgan fingerprint density at radius 1 is 1.29 bits per heavy atom. The molecule has 6 heteroatoms. The topological polar surface area (TPSA) is 69.6 Å². The van der Waals surface area contributed by atoms with Crippen LogP contribution in [0.25, 0.3) is 0 Å². The van der Waals surface area contributed by atoms with E-state index in [4.69, 9.17) is 0 Å². The molecule has 1 atom stereocenters. The van der Waals surface area contributed by atoms with Crippen LogP contribution in [0.15, 0.2) is 0 Å². The molecule has 1 unspecified atom stereocenters. The molecule has 1 N–H and O–H groups in total. The van der Waals surface area contributed by atoms with Crippen LogP contribution in [-0.2, 0) is 12.8 Å². The number of piperazine rings is 1. The van der Waals surface area contributed by atoms with Gasteiger partial charge in [0.2, 0.25) is 0 Å². The van der Waals surface area contributed by atoms with E-state index in [1.807, 2.05) is 13.8 Å². The summed E-state index contributed by atoms with van der Waals surface area (Å²) in [4.78, 5) is 16.1. The first-order chi connectivity index (χ1) is 9.99. The second-order valence-corrected chi connectivity index (χ2v) is 5.64. The molecule has 1 fully saturated rings. The van der Waals surface area contributed by atoms with E-state index in [1.54, 1.807) is 0 Å². The number of aromatic carboxylic acids is 1. The van der Waals surface area contributed by atoms with E-state index in [9.17, 15) is 9.90 Å². The van der Waals surface area contributed by atoms with Crippen LogP contribution in [0.5, 0.6) is 0 Å². The highest BCUT2D eigenvalue weighted by atomic mass is 16.4. The van der Waals surface area contributed by atoms with E-state index in [0.717, 1.165) is 30.9 Å². The van der Waals surface area contributed by atoms with Gasteiger partial charge in [-0.2, -0.15) is 5.10 Å². The molecule has 0 spiro atoms. The Morgan fingerprint density at radius 3 is 2.52 bits per heavy atom. The molecule has 116 valence electrons. The third-order valence-electron chi connectivity index (χ3n) is 4.14. The number of aryl methyl sites for hydroxylation is 1. The third kappa shape index (κ3) is 3.00. The first-order valence-corrected chi connectivity index (χ1v) is 7.56. The fourth-order valence-corrected chi connectivity index (χ4v) is 3.04. The SMILES string of the molecule is CCc1nnc(N2CCN(C)CC2C)c(C(=O)O)c1CC. The average Bonchev–Trinajstić information content (AvgIpc) is 2.45. The van der Waals surface area contributed by atoms with Crippen molar-refractivity contribution in [3.05, 3.63) is 16.8 Å². The summed E-state index contributed by atoms with van der Waals surface area (Å²) in [6, 6.07) is 0.230. The second kappa shape index (κ2) is 6.39. The zero-order valence-electron chi connectivity index (χ0n) is 13.3. The smallest absolute Gasteiger partial charge is 0.339 e. The van der Waals surface area contributed by atoms with Gasteiger partial charge in [-0.05, 0) is 32.4 Å². The molecule has 21 heavy (non-hydrogen) atoms. The second-order valence-electron chi connectivity index (χ2n) is 5.64. The van der Waals surface area contributed by atoms with Gasteiger partial charge in [0.05, 0.1) is 5.69 Å². The molecule has 0 aromatic carbocycles. The Bertz CT molecular complexity index is 533. The van der Waals surface area contributed by atoms with Gasteiger partial charge in [0.1, 0.15) is 5.56 Å². The summed E-state index contributed by atoms with van der Waals surface area (Å²) in [6.45, 7) is 8.64. The number of carboxylic acids is 1. The van der Waals surface area contributed by atoms with Gasteiger partial charge in [-0.15, -0.1) is 5.10 Å². The largest absolute Gasteiger partial charge is 0.478 e. The molecule has 0 saturated carbocycles. The van der Waals surface area contributed by atoms with Gasteiger partial charge in [-0.1, -0.05) is 13.8 Å². The van der Waals surface area contributed by atoms with Crippen molar-refractivity contribution in [2.24, 2.45) is 0 Å². The van der Waals surface area contributed by atoms with E-state index in [1.165, 1.54) is 0 Å². The van der Waals surface area contributed by atoms with Crippen LogP contribution in [-0.4, -0.2) is 58.9 Å². The van der Waals surface area contributed by atoms with Crippen LogP contribution in [0.2, 0.25) is 0 Å². The Balaban J connectivity index is 2.50. The molecule has 1 aliphatic heterocycles. The minimum absolute atomic E-state index is 0.230. The predicted octanol–water partition coefficient (Wildman–Crippen LogP) is 1.44. The summed E-state index contributed by atoms with van der Waals surface area (Å²) in [6.07, 6.45) is 1.37. The summed E-state index contributed by atoms with van der Waals surface area (Å²) >= 11 is 0. The van der Waals surface area contributed by atoms with Crippen molar-refractivity contribution in [2.75, 3.05) is 31.6 Å². The number of likely N-dealkylation sites (N-methyl/N-ethyl adjacent to an activating group) is 1. The summed E-state index contributed by atoms with van der Waals surface area (Å²) < 4.78 is 0. The van der Waals surface area contributed by atoms with Gasteiger partial charge in [0.15, 0.2) is 5.82 Å². The minimum atomic E-state index is -0.905. The van der Waals surface area contributed by atoms with Crippen LogP contribution in [0.4, 0.5) is 5.82 Å². The van der Waals surface area contributed by atoms with Gasteiger partial charge >= 0.3 is 5.97 Å². The highest BCUT2D eigenvalue weighted by molar-refractivity contribution is 5.95. The molecule has 0 aliphatic carbocycles. The summed E-state index contributed by atoms with van der Waals surface area (Å²) in [5.74, 6) is -0.380. The predicted molar refractivity (Wildman–Crippen MR) is 82.1 cm³/mol. The number of hydrogen-bond acceptors (Lipinski definition) is 5. The molecule has 0 amide bonds. The minimum Gasteiger partial charge on any atom is -0.478 e. The molecule has 1 aliphatic rings. The maximum absolute atomic E-state index is 11.8. The number of nitrogens with zero attached hydrogens (tertiary/aromatic N) is 4. The molecule has 0 radical (unpaired) electrons. The van der Waals surface area contributed by atoms with Gasteiger partial charge in [-0.3, -0.25) is 0 Å². The van der Waals surface area contributed by atoms with Crippen molar-refractivity contribution >= 4 is 11.8 Å². The van der Waals surface area contributed by atoms with Crippen molar-refractivity contribution in [3.8, 4) is 0 Å². The van der Waals surface area contributed by atoms with E-state index >= 15 is 0 Å². The van der Waals surface area contributed by atoms with Gasteiger partial charge < -0.3 is 14.9 Å². The molecule has 1 aromatic rings. The van der Waals surface area contributed by atoms with Crippen LogP contribution in [0.1, 0.15) is 42.4 Å². The van der Waals surface area contributed by atoms with Gasteiger partial charge in [0.25, 0.3) is 0 Å². The molecule has 6 nitrogen and oxygen atoms in total. The van der Waals surface area contributed by atoms with E-state index in [0.29, 0.717) is 24.2 Å². The van der Waals surface area contributed by atoms with Crippen molar-refractivity contribution in [1.82, 2.24) is 15.1 Å². The fourth-order valence-electron chi connectivity index (χ4n) is 3.04. The zero-order chi connectivity index (χ0) is 15.6. The van der Waals surface area contributed by atoms with E-state index < -0.39 is 5.97 Å². The number of aromatic nitrogens is 2. The van der Waals surface area contributed by atoms with Crippen LogP contribution < -0.4 is 4.90 Å². The first kappa shape index (κ1) is 15.7. The molecular formula is C15H24N4O2. The van der Waals surface area contributed by atoms with E-state index in [-0.39, 0.29) is 6.04 Å². The standard InChI is InChI=1S/C15H24N4O2/c1-5-11-12(6-2)16-17-14(13(11)15(20)21)19-8-7-18(4)9-10(19)3/h10H,5-9H2,1-4H3,(H,20,21). The lowest BCUT2D eigenvalue weighted by Crippen LogP contribution is -2.51. The lowest BCUT2D eigenvalue weighted by molar-refractivity contribution is 0.0695. The number of carbonyl (C=O) groups is 1. The molecule has 2 heterocycles. The van der Waals surface area contributed by atoms with Crippen LogP contribution in [0.3, 0.4) is 0 Å². The number of carboxylic acid groups (broad SMARTS) is 1. The molecule has 1 aromatic heterocycles. The molecule has 1 saturated heterocycles. The Labute approximate surface area is 125 Å². The number of hydrogen-bond donors (Lipinski definition) is 1. The summed E-state index contributed by atoms with van der Waals surface area (Å²) in [5.41, 5.74) is 1.95.